The molecule has 2 aromatic carbocycles. The molecule has 304 valence electrons. The van der Waals surface area contributed by atoms with Crippen LogP contribution in [-0.2, 0) is 27.2 Å². The Hall–Kier alpha value is -5.99. The molecule has 4 heterocycles. The number of piperazine rings is 1. The molecule has 1 unspecified atom stereocenters. The lowest BCUT2D eigenvalue weighted by Crippen LogP contribution is -2.54. The van der Waals surface area contributed by atoms with Gasteiger partial charge in [0.15, 0.2) is 5.82 Å². The van der Waals surface area contributed by atoms with Crippen molar-refractivity contribution in [2.75, 3.05) is 40.5 Å². The van der Waals surface area contributed by atoms with E-state index in [1.165, 1.54) is 5.69 Å². The quantitative estimate of drug-likeness (QED) is 0.106. The largest absolute Gasteiger partial charge is 0.458 e. The molecule has 2 aliphatic rings. The van der Waals surface area contributed by atoms with Crippen LogP contribution < -0.4 is 20.9 Å². The van der Waals surface area contributed by atoms with Gasteiger partial charge in [-0.1, -0.05) is 29.8 Å². The van der Waals surface area contributed by atoms with Crippen LogP contribution in [0.25, 0.3) is 0 Å². The minimum atomic E-state index is -5.77. The number of aromatic nitrogens is 3. The van der Waals surface area contributed by atoms with Gasteiger partial charge in [-0.25, -0.2) is 9.78 Å². The van der Waals surface area contributed by atoms with Crippen molar-refractivity contribution < 1.29 is 58.7 Å². The maximum atomic E-state index is 13.4. The minimum absolute atomic E-state index is 0.0919. The van der Waals surface area contributed by atoms with Crippen molar-refractivity contribution in [3.8, 4) is 0 Å². The Labute approximate surface area is 322 Å². The second kappa shape index (κ2) is 18.3. The highest BCUT2D eigenvalue weighted by molar-refractivity contribution is 6.41. The Morgan fingerprint density at radius 1 is 0.842 bits per heavy atom. The van der Waals surface area contributed by atoms with Gasteiger partial charge in [0.1, 0.15) is 5.02 Å². The van der Waals surface area contributed by atoms with Gasteiger partial charge in [-0.2, -0.15) is 44.5 Å². The second-order valence-corrected chi connectivity index (χ2v) is 12.6. The zero-order valence-electron chi connectivity index (χ0n) is 29.3. The van der Waals surface area contributed by atoms with Gasteiger partial charge >= 0.3 is 36.1 Å². The van der Waals surface area contributed by atoms with E-state index in [0.717, 1.165) is 41.2 Å². The molecular formula is C35H30ClF9N8O4. The van der Waals surface area contributed by atoms with Gasteiger partial charge in [-0.15, -0.1) is 0 Å². The number of carbonyl (C=O) groups excluding carboxylic acids is 4. The third-order valence-corrected chi connectivity index (χ3v) is 8.22. The zero-order valence-corrected chi connectivity index (χ0v) is 30.0. The van der Waals surface area contributed by atoms with Gasteiger partial charge in [0.05, 0.1) is 18.1 Å². The van der Waals surface area contributed by atoms with E-state index >= 15 is 0 Å². The number of anilines is 6. The zero-order chi connectivity index (χ0) is 42.1. The Morgan fingerprint density at radius 2 is 1.49 bits per heavy atom. The maximum Gasteiger partial charge on any atom is 0.458 e. The van der Waals surface area contributed by atoms with E-state index in [-0.39, 0.29) is 12.1 Å². The number of hydrogen-bond donors (Lipinski definition) is 3. The maximum absolute atomic E-state index is 13.4. The Kier molecular flexibility index (Phi) is 14.0. The summed E-state index contributed by atoms with van der Waals surface area (Å²) in [6, 6.07) is 18.4. The van der Waals surface area contributed by atoms with Gasteiger partial charge in [0, 0.05) is 48.9 Å². The van der Waals surface area contributed by atoms with Crippen molar-refractivity contribution >= 4 is 70.0 Å². The first-order valence-electron chi connectivity index (χ1n) is 16.4. The molecule has 12 nitrogen and oxygen atoms in total. The van der Waals surface area contributed by atoms with Crippen molar-refractivity contribution in [2.24, 2.45) is 0 Å². The van der Waals surface area contributed by atoms with E-state index in [0.29, 0.717) is 36.3 Å². The molecular weight excluding hydrogens is 803 g/mol. The molecule has 0 aliphatic carbocycles. The average Bonchev–Trinajstić information content (AvgIpc) is 3.15. The molecule has 1 fully saturated rings. The number of aryl methyl sites for hydroxylation is 2. The molecule has 0 spiro atoms. The number of nitrogens with zero attached hydrogens (tertiary/aromatic N) is 5. The van der Waals surface area contributed by atoms with Crippen LogP contribution in [0.2, 0.25) is 5.02 Å². The summed E-state index contributed by atoms with van der Waals surface area (Å²) < 4.78 is 98.2. The molecule has 22 heteroatoms. The number of halogens is 10. The summed E-state index contributed by atoms with van der Waals surface area (Å²) in [5.74, 6) is -5.90. The van der Waals surface area contributed by atoms with Crippen molar-refractivity contribution in [1.29, 1.82) is 0 Å². The predicted molar refractivity (Wildman–Crippen MR) is 190 cm³/mol. The molecule has 1 atom stereocenters. The van der Waals surface area contributed by atoms with Gasteiger partial charge < -0.3 is 25.8 Å². The summed E-state index contributed by atoms with van der Waals surface area (Å²) in [4.78, 5) is 58.8. The minimum Gasteiger partial charge on any atom is -0.365 e. The number of nitrogens with one attached hydrogen (secondary N) is 3. The Balaban J connectivity index is 0.000000334. The first-order valence-corrected chi connectivity index (χ1v) is 16.8. The average molecular weight is 833 g/mol. The number of pyridine rings is 1. The highest BCUT2D eigenvalue weighted by Crippen LogP contribution is 2.30. The number of para-hydroxylation sites is 1. The van der Waals surface area contributed by atoms with Gasteiger partial charge in [0.2, 0.25) is 12.2 Å². The molecule has 1 saturated heterocycles. The fourth-order valence-electron chi connectivity index (χ4n) is 5.35. The number of fused-ring (bicyclic) bond motifs is 6. The lowest BCUT2D eigenvalue weighted by Gasteiger charge is -2.41. The van der Waals surface area contributed by atoms with Crippen LogP contribution in [0.3, 0.4) is 0 Å². The van der Waals surface area contributed by atoms with Crippen molar-refractivity contribution in [3.05, 3.63) is 89.3 Å². The van der Waals surface area contributed by atoms with Crippen LogP contribution in [-0.4, -0.2) is 87.9 Å². The van der Waals surface area contributed by atoms with Crippen LogP contribution in [0.1, 0.15) is 18.1 Å². The third-order valence-electron chi connectivity index (χ3n) is 7.95. The number of Topliss-reactive ketones (excluding diaryl/α,β-unsaturated/α-hetero) is 2. The molecule has 2 aromatic heterocycles. The first-order chi connectivity index (χ1) is 26.6. The highest BCUT2D eigenvalue weighted by atomic mass is 35.5. The number of alkyl halides is 9. The summed E-state index contributed by atoms with van der Waals surface area (Å²) >= 11 is 6.39. The van der Waals surface area contributed by atoms with Crippen LogP contribution in [0.5, 0.6) is 0 Å². The molecule has 2 aliphatic heterocycles. The summed E-state index contributed by atoms with van der Waals surface area (Å²) in [6.45, 7) is 4.24. The van der Waals surface area contributed by atoms with Crippen LogP contribution in [0.15, 0.2) is 73.2 Å². The summed E-state index contributed by atoms with van der Waals surface area (Å²) in [6.07, 6.45) is -10.6. The molecule has 6 bridgehead atoms. The van der Waals surface area contributed by atoms with Crippen LogP contribution in [0.4, 0.5) is 78.8 Å². The van der Waals surface area contributed by atoms with Gasteiger partial charge in [-0.05, 0) is 67.3 Å². The monoisotopic (exact) mass is 832 g/mol. The van der Waals surface area contributed by atoms with E-state index in [9.17, 15) is 53.9 Å². The topological polar surface area (TPSA) is 150 Å². The number of rotatable bonds is 3. The SMILES string of the molecule is CC1CN(C(=O)Nc2ccc3cc2CCc2cncc(c2)Nc2ncc(Cl)c(n2)N3)CCN1c1ccccc1.O=C(C(=O)C(F)(F)F)C(F)(F)F.O=CC(F)(F)F. The van der Waals surface area contributed by atoms with E-state index in [4.69, 9.17) is 16.4 Å². The number of benzene rings is 2. The fraction of sp³-hybridized carbons (Fsp3) is 0.286. The molecule has 4 aromatic rings. The standard InChI is InChI=1S/C29H29ClN8O.C4F6O2.C2HF3O/c1-19-18-37(11-12-38(19)24-5-3-2-4-6-24)29(39)35-26-10-9-22-14-21(26)8-7-20-13-23(16-31-15-20)34-28-32-17-25(30)27(33-22)36-28;5-3(6,7)1(11)2(12)4(8,9)10;3-2(4,5)1-6/h2-6,9-10,13-17,19H,7-8,11-12,18H2,1H3,(H,35,39)(H2,32,33,34,36);;1H. The van der Waals surface area contributed by atoms with E-state index in [1.807, 2.05) is 53.6 Å². The number of carbonyl (C=O) groups is 4. The Morgan fingerprint density at radius 3 is 2.09 bits per heavy atom. The molecule has 2 amide bonds. The molecule has 0 radical (unpaired) electrons. The third kappa shape index (κ3) is 12.8. The number of urea groups is 1. The first kappa shape index (κ1) is 43.7. The van der Waals surface area contributed by atoms with Crippen molar-refractivity contribution in [3.63, 3.8) is 0 Å². The van der Waals surface area contributed by atoms with Gasteiger partial charge in [0.25, 0.3) is 0 Å². The summed E-state index contributed by atoms with van der Waals surface area (Å²) in [5, 5.41) is 10.1. The second-order valence-electron chi connectivity index (χ2n) is 12.2. The number of amides is 2. The summed E-state index contributed by atoms with van der Waals surface area (Å²) in [5.41, 5.74) is 5.66. The lowest BCUT2D eigenvalue weighted by atomic mass is 10.0. The molecule has 3 N–H and O–H groups in total. The lowest BCUT2D eigenvalue weighted by molar-refractivity contribution is -0.193. The van der Waals surface area contributed by atoms with E-state index in [2.05, 4.69) is 54.9 Å². The number of ketones is 2. The van der Waals surface area contributed by atoms with E-state index < -0.39 is 36.4 Å². The fourth-order valence-corrected chi connectivity index (χ4v) is 5.49. The summed E-state index contributed by atoms with van der Waals surface area (Å²) in [7, 11) is 0. The number of aldehydes is 1. The molecule has 57 heavy (non-hydrogen) atoms. The van der Waals surface area contributed by atoms with E-state index in [1.54, 1.807) is 12.4 Å². The van der Waals surface area contributed by atoms with Crippen LogP contribution in [0, 0.1) is 0 Å². The van der Waals surface area contributed by atoms with Crippen LogP contribution >= 0.6 is 11.6 Å². The normalized spacial score (nSPS) is 15.2. The number of hydrogen-bond acceptors (Lipinski definition) is 10. The highest BCUT2D eigenvalue weighted by Gasteiger charge is 2.54. The predicted octanol–water partition coefficient (Wildman–Crippen LogP) is 7.85. The molecule has 0 saturated carbocycles. The van der Waals surface area contributed by atoms with Crippen molar-refractivity contribution in [2.45, 2.75) is 44.3 Å². The smallest absolute Gasteiger partial charge is 0.365 e. The van der Waals surface area contributed by atoms with Gasteiger partial charge in [-0.3, -0.25) is 19.4 Å². The van der Waals surface area contributed by atoms with Crippen molar-refractivity contribution in [1.82, 2.24) is 19.9 Å². The molecule has 6 rings (SSSR count). The Bertz CT molecular complexity index is 2040.